The molecule has 0 aromatic carbocycles. The molecular weight excluding hydrogens is 206 g/mol. The highest BCUT2D eigenvalue weighted by molar-refractivity contribution is 5.89. The fourth-order valence-electron chi connectivity index (χ4n) is 0.761. The lowest BCUT2D eigenvalue weighted by Gasteiger charge is -2.16. The molecule has 8 heteroatoms. The van der Waals surface area contributed by atoms with Crippen LogP contribution in [0.15, 0.2) is 0 Å². The molecular formula is C7H13N3O5. The minimum atomic E-state index is -1.39. The second-order valence-electron chi connectivity index (χ2n) is 2.81. The van der Waals surface area contributed by atoms with Crippen LogP contribution in [0.3, 0.4) is 0 Å². The van der Waals surface area contributed by atoms with Crippen LogP contribution in [-0.4, -0.2) is 46.8 Å². The number of amides is 3. The Morgan fingerprint density at radius 1 is 1.33 bits per heavy atom. The van der Waals surface area contributed by atoms with Crippen molar-refractivity contribution in [1.82, 2.24) is 10.6 Å². The molecule has 0 aliphatic heterocycles. The van der Waals surface area contributed by atoms with Gasteiger partial charge in [0.1, 0.15) is 12.1 Å². The zero-order chi connectivity index (χ0) is 12.0. The van der Waals surface area contributed by atoms with Crippen molar-refractivity contribution in [3.63, 3.8) is 0 Å². The molecule has 0 aromatic rings. The molecule has 2 atom stereocenters. The topological polar surface area (TPSA) is 142 Å². The summed E-state index contributed by atoms with van der Waals surface area (Å²) >= 11 is 0. The van der Waals surface area contributed by atoms with Crippen molar-refractivity contribution in [3.05, 3.63) is 0 Å². The highest BCUT2D eigenvalue weighted by Gasteiger charge is 2.22. The van der Waals surface area contributed by atoms with E-state index in [9.17, 15) is 14.4 Å². The lowest BCUT2D eigenvalue weighted by atomic mass is 10.2. The number of urea groups is 1. The van der Waals surface area contributed by atoms with Crippen molar-refractivity contribution in [2.24, 2.45) is 5.73 Å². The van der Waals surface area contributed by atoms with E-state index >= 15 is 0 Å². The number of aliphatic carboxylic acids is 1. The Bertz CT molecular complexity index is 267. The van der Waals surface area contributed by atoms with Gasteiger partial charge in [0.05, 0.1) is 6.61 Å². The molecule has 3 amide bonds. The third kappa shape index (κ3) is 4.81. The van der Waals surface area contributed by atoms with Crippen LogP contribution in [-0.2, 0) is 9.59 Å². The Morgan fingerprint density at radius 3 is 2.20 bits per heavy atom. The van der Waals surface area contributed by atoms with Crippen molar-refractivity contribution < 1.29 is 24.6 Å². The molecule has 0 fully saturated rings. The number of primary amides is 1. The van der Waals surface area contributed by atoms with Crippen LogP contribution in [0.5, 0.6) is 0 Å². The van der Waals surface area contributed by atoms with Crippen molar-refractivity contribution in [3.8, 4) is 0 Å². The molecule has 86 valence electrons. The van der Waals surface area contributed by atoms with Crippen LogP contribution in [0, 0.1) is 0 Å². The van der Waals surface area contributed by atoms with Gasteiger partial charge >= 0.3 is 12.0 Å². The second kappa shape index (κ2) is 5.81. The SMILES string of the molecule is CC(NC(N)=O)C(=O)N[C@@H](CO)C(=O)O. The number of hydrogen-bond donors (Lipinski definition) is 5. The van der Waals surface area contributed by atoms with Crippen LogP contribution >= 0.6 is 0 Å². The molecule has 0 aromatic heterocycles. The highest BCUT2D eigenvalue weighted by Crippen LogP contribution is 1.87. The van der Waals surface area contributed by atoms with E-state index in [0.29, 0.717) is 0 Å². The zero-order valence-electron chi connectivity index (χ0n) is 8.06. The minimum Gasteiger partial charge on any atom is -0.480 e. The number of carboxylic acids is 1. The minimum absolute atomic E-state index is 0.732. The predicted octanol–water partition coefficient (Wildman–Crippen LogP) is -2.40. The van der Waals surface area contributed by atoms with Crippen LogP contribution in [0.1, 0.15) is 6.92 Å². The van der Waals surface area contributed by atoms with Gasteiger partial charge in [0, 0.05) is 0 Å². The first kappa shape index (κ1) is 13.2. The summed E-state index contributed by atoms with van der Waals surface area (Å²) in [6.07, 6.45) is 0. The smallest absolute Gasteiger partial charge is 0.328 e. The molecule has 0 rings (SSSR count). The van der Waals surface area contributed by atoms with E-state index in [4.69, 9.17) is 15.9 Å². The average molecular weight is 219 g/mol. The van der Waals surface area contributed by atoms with Crippen LogP contribution in [0.2, 0.25) is 0 Å². The number of hydrogen-bond acceptors (Lipinski definition) is 4. The van der Waals surface area contributed by atoms with Gasteiger partial charge in [-0.25, -0.2) is 9.59 Å². The Labute approximate surface area is 85.4 Å². The summed E-state index contributed by atoms with van der Waals surface area (Å²) < 4.78 is 0. The standard InChI is InChI=1S/C7H13N3O5/c1-3(9-7(8)15)5(12)10-4(2-11)6(13)14/h3-4,11H,2H2,1H3,(H,10,12)(H,13,14)(H3,8,9,15)/t3?,4-/m0/s1. The highest BCUT2D eigenvalue weighted by atomic mass is 16.4. The first-order valence-electron chi connectivity index (χ1n) is 4.08. The molecule has 0 aliphatic carbocycles. The first-order valence-corrected chi connectivity index (χ1v) is 4.08. The Balaban J connectivity index is 4.21. The summed E-state index contributed by atoms with van der Waals surface area (Å²) in [5.41, 5.74) is 4.76. The Hall–Kier alpha value is -1.83. The van der Waals surface area contributed by atoms with E-state index in [0.717, 1.165) is 0 Å². The third-order valence-corrected chi connectivity index (χ3v) is 1.55. The molecule has 0 spiro atoms. The molecule has 0 heterocycles. The van der Waals surface area contributed by atoms with E-state index in [2.05, 4.69) is 5.32 Å². The number of nitrogens with two attached hydrogens (primary N) is 1. The number of rotatable bonds is 5. The maximum absolute atomic E-state index is 11.2. The van der Waals surface area contributed by atoms with Gasteiger partial charge in [-0.2, -0.15) is 0 Å². The summed E-state index contributed by atoms with van der Waals surface area (Å²) in [7, 11) is 0. The van der Waals surface area contributed by atoms with Gasteiger partial charge in [0.15, 0.2) is 0 Å². The molecule has 0 saturated heterocycles. The molecule has 0 aliphatic rings. The van der Waals surface area contributed by atoms with Gasteiger partial charge in [-0.3, -0.25) is 4.79 Å². The lowest BCUT2D eigenvalue weighted by Crippen LogP contribution is -2.52. The maximum atomic E-state index is 11.2. The summed E-state index contributed by atoms with van der Waals surface area (Å²) in [6, 6.07) is -3.25. The van der Waals surface area contributed by atoms with Gasteiger partial charge in [-0.15, -0.1) is 0 Å². The van der Waals surface area contributed by atoms with Gasteiger partial charge in [-0.05, 0) is 6.92 Å². The van der Waals surface area contributed by atoms with E-state index < -0.39 is 36.6 Å². The monoisotopic (exact) mass is 219 g/mol. The number of carbonyl (C=O) groups is 3. The molecule has 0 radical (unpaired) electrons. The molecule has 15 heavy (non-hydrogen) atoms. The predicted molar refractivity (Wildman–Crippen MR) is 48.8 cm³/mol. The number of aliphatic hydroxyl groups excluding tert-OH is 1. The quantitative estimate of drug-likeness (QED) is 0.350. The van der Waals surface area contributed by atoms with Crippen LogP contribution in [0.25, 0.3) is 0 Å². The summed E-state index contributed by atoms with van der Waals surface area (Å²) in [5.74, 6) is -2.10. The van der Waals surface area contributed by atoms with Crippen molar-refractivity contribution in [1.29, 1.82) is 0 Å². The van der Waals surface area contributed by atoms with E-state index in [1.165, 1.54) is 6.92 Å². The fourth-order valence-corrected chi connectivity index (χ4v) is 0.761. The van der Waals surface area contributed by atoms with Crippen LogP contribution < -0.4 is 16.4 Å². The molecule has 0 bridgehead atoms. The second-order valence-corrected chi connectivity index (χ2v) is 2.81. The molecule has 1 unspecified atom stereocenters. The van der Waals surface area contributed by atoms with E-state index in [1.54, 1.807) is 0 Å². The zero-order valence-corrected chi connectivity index (χ0v) is 8.06. The lowest BCUT2D eigenvalue weighted by molar-refractivity contribution is -0.143. The molecule has 8 nitrogen and oxygen atoms in total. The van der Waals surface area contributed by atoms with Gasteiger partial charge in [-0.1, -0.05) is 0 Å². The fraction of sp³-hybridized carbons (Fsp3) is 0.571. The van der Waals surface area contributed by atoms with Crippen molar-refractivity contribution in [2.75, 3.05) is 6.61 Å². The maximum Gasteiger partial charge on any atom is 0.328 e. The Kier molecular flexibility index (Phi) is 5.10. The van der Waals surface area contributed by atoms with Gasteiger partial charge in [0.2, 0.25) is 5.91 Å². The van der Waals surface area contributed by atoms with Crippen molar-refractivity contribution >= 4 is 17.9 Å². The van der Waals surface area contributed by atoms with E-state index in [-0.39, 0.29) is 0 Å². The first-order chi connectivity index (χ1) is 6.88. The van der Waals surface area contributed by atoms with E-state index in [1.807, 2.05) is 5.32 Å². The summed E-state index contributed by atoms with van der Waals surface area (Å²) in [4.78, 5) is 32.0. The summed E-state index contributed by atoms with van der Waals surface area (Å²) in [6.45, 7) is 0.598. The van der Waals surface area contributed by atoms with Gasteiger partial charge in [0.25, 0.3) is 0 Å². The number of aliphatic hydroxyl groups is 1. The number of carbonyl (C=O) groups excluding carboxylic acids is 2. The van der Waals surface area contributed by atoms with Gasteiger partial charge < -0.3 is 26.6 Å². The normalized spacial score (nSPS) is 13.7. The molecule has 6 N–H and O–H groups in total. The largest absolute Gasteiger partial charge is 0.480 e. The summed E-state index contributed by atoms with van der Waals surface area (Å²) in [5, 5.41) is 21.2. The van der Waals surface area contributed by atoms with Crippen molar-refractivity contribution in [2.45, 2.75) is 19.0 Å². The molecule has 0 saturated carbocycles. The number of carboxylic acid groups (broad SMARTS) is 1. The number of nitrogens with one attached hydrogen (secondary N) is 2. The average Bonchev–Trinajstić information content (AvgIpc) is 2.11. The third-order valence-electron chi connectivity index (χ3n) is 1.55. The Morgan fingerprint density at radius 2 is 1.87 bits per heavy atom. The van der Waals surface area contributed by atoms with Crippen LogP contribution in [0.4, 0.5) is 4.79 Å².